The van der Waals surface area contributed by atoms with Gasteiger partial charge in [-0.2, -0.15) is 0 Å². The molecule has 4 rings (SSSR count). The number of pyridine rings is 1. The summed E-state index contributed by atoms with van der Waals surface area (Å²) in [5, 5.41) is 6.07. The summed E-state index contributed by atoms with van der Waals surface area (Å²) in [7, 11) is -2.38. The second-order valence-electron chi connectivity index (χ2n) is 7.59. The van der Waals surface area contributed by atoms with Crippen molar-refractivity contribution in [1.82, 2.24) is 9.29 Å². The summed E-state index contributed by atoms with van der Waals surface area (Å²) in [5.74, 6) is -0.528. The lowest BCUT2D eigenvalue weighted by atomic mass is 10.1. The van der Waals surface area contributed by atoms with E-state index in [9.17, 15) is 22.4 Å². The molecule has 2 aromatic carbocycles. The smallest absolute Gasteiger partial charge is 0.333 e. The Morgan fingerprint density at radius 3 is 2.47 bits per heavy atom. The Hall–Kier alpha value is -3.70. The fourth-order valence-corrected chi connectivity index (χ4v) is 5.73. The van der Waals surface area contributed by atoms with E-state index in [1.165, 1.54) is 16.7 Å². The maximum Gasteiger partial charge on any atom is 0.333 e. The van der Waals surface area contributed by atoms with Gasteiger partial charge in [0.15, 0.2) is 0 Å². The van der Waals surface area contributed by atoms with Gasteiger partial charge in [-0.25, -0.2) is 22.3 Å². The van der Waals surface area contributed by atoms with E-state index in [1.54, 1.807) is 63.5 Å². The SMILES string of the molecule is CNc1cc2ccn(-c3ccc(NC(=O)NS(=O)(=O)c4ccc(C)s4)cc3C)c(=O)c2cc1F. The van der Waals surface area contributed by atoms with Gasteiger partial charge in [0.05, 0.1) is 16.8 Å². The van der Waals surface area contributed by atoms with Gasteiger partial charge in [0.1, 0.15) is 10.0 Å². The Kier molecular flexibility index (Phi) is 6.15. The first-order valence-electron chi connectivity index (χ1n) is 10.1. The Labute approximate surface area is 199 Å². The van der Waals surface area contributed by atoms with Crippen molar-refractivity contribution < 1.29 is 17.6 Å². The van der Waals surface area contributed by atoms with E-state index in [1.807, 2.05) is 4.72 Å². The molecule has 2 amide bonds. The number of carbonyl (C=O) groups is 1. The van der Waals surface area contributed by atoms with Crippen molar-refractivity contribution in [2.75, 3.05) is 17.7 Å². The number of urea groups is 1. The highest BCUT2D eigenvalue weighted by atomic mass is 32.2. The minimum absolute atomic E-state index is 0.0423. The number of rotatable bonds is 5. The topological polar surface area (TPSA) is 109 Å². The number of nitrogens with one attached hydrogen (secondary N) is 3. The maximum absolute atomic E-state index is 14.2. The Morgan fingerprint density at radius 1 is 1.06 bits per heavy atom. The largest absolute Gasteiger partial charge is 0.386 e. The predicted molar refractivity (Wildman–Crippen MR) is 132 cm³/mol. The van der Waals surface area contributed by atoms with Crippen LogP contribution in [-0.2, 0) is 10.0 Å². The summed E-state index contributed by atoms with van der Waals surface area (Å²) in [6.45, 7) is 3.51. The molecule has 0 radical (unpaired) electrons. The van der Waals surface area contributed by atoms with Crippen LogP contribution < -0.4 is 20.9 Å². The molecule has 176 valence electrons. The number of aromatic nitrogens is 1. The van der Waals surface area contributed by atoms with Crippen LogP contribution in [0.5, 0.6) is 0 Å². The summed E-state index contributed by atoms with van der Waals surface area (Å²) in [4.78, 5) is 26.1. The second-order valence-corrected chi connectivity index (χ2v) is 10.8. The number of anilines is 2. The van der Waals surface area contributed by atoms with Crippen LogP contribution in [0.2, 0.25) is 0 Å². The zero-order valence-corrected chi connectivity index (χ0v) is 20.1. The van der Waals surface area contributed by atoms with Crippen LogP contribution >= 0.6 is 11.3 Å². The molecule has 0 spiro atoms. The molecule has 11 heteroatoms. The van der Waals surface area contributed by atoms with E-state index in [0.29, 0.717) is 28.0 Å². The Bertz CT molecular complexity index is 1590. The Balaban J connectivity index is 1.59. The molecule has 4 aromatic rings. The highest BCUT2D eigenvalue weighted by Crippen LogP contribution is 2.23. The van der Waals surface area contributed by atoms with E-state index in [2.05, 4.69) is 10.6 Å². The summed E-state index contributed by atoms with van der Waals surface area (Å²) < 4.78 is 42.3. The number of halogens is 1. The zero-order valence-electron chi connectivity index (χ0n) is 18.5. The fraction of sp³-hybridized carbons (Fsp3) is 0.130. The van der Waals surface area contributed by atoms with Gasteiger partial charge < -0.3 is 10.6 Å². The number of hydrogen-bond acceptors (Lipinski definition) is 6. The molecule has 2 aromatic heterocycles. The van der Waals surface area contributed by atoms with Crippen molar-refractivity contribution in [2.24, 2.45) is 0 Å². The van der Waals surface area contributed by atoms with Gasteiger partial charge in [-0.1, -0.05) is 0 Å². The van der Waals surface area contributed by atoms with E-state index in [4.69, 9.17) is 0 Å². The van der Waals surface area contributed by atoms with E-state index >= 15 is 0 Å². The average Bonchev–Trinajstić information content (AvgIpc) is 3.22. The van der Waals surface area contributed by atoms with Gasteiger partial charge in [-0.05, 0) is 73.3 Å². The van der Waals surface area contributed by atoms with Gasteiger partial charge in [0.2, 0.25) is 0 Å². The van der Waals surface area contributed by atoms with Crippen LogP contribution in [0.3, 0.4) is 0 Å². The number of hydrogen-bond donors (Lipinski definition) is 3. The number of aryl methyl sites for hydroxylation is 2. The average molecular weight is 501 g/mol. The van der Waals surface area contributed by atoms with Crippen molar-refractivity contribution in [3.8, 4) is 5.69 Å². The Morgan fingerprint density at radius 2 is 1.82 bits per heavy atom. The van der Waals surface area contributed by atoms with Gasteiger partial charge in [-0.3, -0.25) is 9.36 Å². The third-order valence-electron chi connectivity index (χ3n) is 5.18. The summed E-state index contributed by atoms with van der Waals surface area (Å²) >= 11 is 1.06. The second kappa shape index (κ2) is 8.92. The van der Waals surface area contributed by atoms with E-state index < -0.39 is 27.4 Å². The monoisotopic (exact) mass is 500 g/mol. The molecule has 0 bridgehead atoms. The number of thiophene rings is 1. The maximum atomic E-state index is 14.2. The van der Waals surface area contributed by atoms with Crippen molar-refractivity contribution in [3.05, 3.63) is 81.3 Å². The minimum Gasteiger partial charge on any atom is -0.386 e. The molecule has 8 nitrogen and oxygen atoms in total. The van der Waals surface area contributed by atoms with Crippen LogP contribution in [0, 0.1) is 19.7 Å². The van der Waals surface area contributed by atoms with Crippen LogP contribution in [0.15, 0.2) is 63.7 Å². The zero-order chi connectivity index (χ0) is 24.6. The third kappa shape index (κ3) is 4.52. The van der Waals surface area contributed by atoms with Gasteiger partial charge >= 0.3 is 6.03 Å². The first-order chi connectivity index (χ1) is 16.1. The van der Waals surface area contributed by atoms with Crippen molar-refractivity contribution in [2.45, 2.75) is 18.1 Å². The fourth-order valence-electron chi connectivity index (χ4n) is 3.54. The summed E-state index contributed by atoms with van der Waals surface area (Å²) in [6, 6.07) is 11.4. The summed E-state index contributed by atoms with van der Waals surface area (Å²) in [5.41, 5.74) is 1.43. The molecule has 0 fully saturated rings. The minimum atomic E-state index is -3.98. The number of sulfonamides is 1. The quantitative estimate of drug-likeness (QED) is 0.377. The number of carbonyl (C=O) groups excluding carboxylic acids is 1. The molecule has 3 N–H and O–H groups in total. The standard InChI is InChI=1S/C23H21FN4O4S2/c1-13-10-16(26-23(30)27-34(31,32)21-7-4-14(2)33-21)5-6-20(13)28-9-8-15-11-19(25-3)18(24)12-17(15)22(28)29/h4-12,25H,1-3H3,(H2,26,27,30). The molecule has 0 aliphatic carbocycles. The van der Waals surface area contributed by atoms with Crippen LogP contribution in [0.4, 0.5) is 20.6 Å². The van der Waals surface area contributed by atoms with Gasteiger partial charge in [-0.15, -0.1) is 11.3 Å². The third-order valence-corrected chi connectivity index (χ3v) is 8.01. The predicted octanol–water partition coefficient (Wildman–Crippen LogP) is 4.36. The molecular weight excluding hydrogens is 479 g/mol. The molecule has 34 heavy (non-hydrogen) atoms. The number of benzene rings is 2. The lowest BCUT2D eigenvalue weighted by Crippen LogP contribution is -2.34. The van der Waals surface area contributed by atoms with Crippen molar-refractivity contribution in [3.63, 3.8) is 0 Å². The van der Waals surface area contributed by atoms with Crippen LogP contribution in [0.25, 0.3) is 16.5 Å². The van der Waals surface area contributed by atoms with Gasteiger partial charge in [0.25, 0.3) is 15.6 Å². The highest BCUT2D eigenvalue weighted by Gasteiger charge is 2.19. The molecule has 0 aliphatic rings. The molecular formula is C23H21FN4O4S2. The molecule has 0 unspecified atom stereocenters. The summed E-state index contributed by atoms with van der Waals surface area (Å²) in [6.07, 6.45) is 1.60. The molecule has 0 saturated heterocycles. The molecule has 0 aliphatic heterocycles. The molecule has 0 atom stereocenters. The lowest BCUT2D eigenvalue weighted by molar-refractivity contribution is 0.256. The van der Waals surface area contributed by atoms with Crippen LogP contribution in [0.1, 0.15) is 10.4 Å². The van der Waals surface area contributed by atoms with Crippen LogP contribution in [-0.4, -0.2) is 26.1 Å². The first-order valence-corrected chi connectivity index (χ1v) is 12.4. The van der Waals surface area contributed by atoms with Crippen molar-refractivity contribution >= 4 is 49.5 Å². The number of amides is 2. The number of fused-ring (bicyclic) bond motifs is 1. The highest BCUT2D eigenvalue weighted by molar-refractivity contribution is 7.92. The van der Waals surface area contributed by atoms with Gasteiger partial charge in [0, 0.05) is 23.8 Å². The van der Waals surface area contributed by atoms with E-state index in [0.717, 1.165) is 16.2 Å². The lowest BCUT2D eigenvalue weighted by Gasteiger charge is -2.13. The molecule has 0 saturated carbocycles. The first kappa shape index (κ1) is 23.5. The van der Waals surface area contributed by atoms with Crippen molar-refractivity contribution in [1.29, 1.82) is 0 Å². The molecule has 2 heterocycles. The normalized spacial score (nSPS) is 11.4. The number of nitrogens with zero attached hydrogens (tertiary/aromatic N) is 1. The van der Waals surface area contributed by atoms with E-state index in [-0.39, 0.29) is 9.60 Å².